The summed E-state index contributed by atoms with van der Waals surface area (Å²) in [6, 6.07) is 11.6. The van der Waals surface area contributed by atoms with E-state index in [2.05, 4.69) is 25.2 Å². The highest BCUT2D eigenvalue weighted by Gasteiger charge is 2.17. The average Bonchev–Trinajstić information content (AvgIpc) is 3.30. The summed E-state index contributed by atoms with van der Waals surface area (Å²) in [6.07, 6.45) is 3.54. The Hall–Kier alpha value is -4.19. The smallest absolute Gasteiger partial charge is 0.261 e. The summed E-state index contributed by atoms with van der Waals surface area (Å²) < 4.78 is 58.5. The number of hydrogen-bond donors (Lipinski definition) is 2. The number of sulfonamides is 1. The largest absolute Gasteiger partial charge is 0.339 e. The van der Waals surface area contributed by atoms with Crippen molar-refractivity contribution in [2.75, 3.05) is 10.0 Å². The molecule has 4 rings (SSSR count). The average molecular weight is 485 g/mol. The Kier molecular flexibility index (Phi) is 6.59. The lowest BCUT2D eigenvalue weighted by Gasteiger charge is -2.10. The molecule has 0 bridgehead atoms. The van der Waals surface area contributed by atoms with Gasteiger partial charge in [0, 0.05) is 42.2 Å². The number of aromatic nitrogens is 3. The van der Waals surface area contributed by atoms with E-state index in [9.17, 15) is 22.0 Å². The zero-order valence-electron chi connectivity index (χ0n) is 17.4. The van der Waals surface area contributed by atoms with Gasteiger partial charge in [0.15, 0.2) is 11.6 Å². The standard InChI is InChI=1S/C22H17F2N5O4S/c23-18-8-7-17(12-19(18)24)34(31,32)29-16-5-3-15(4-6-16)26-20(30)9-10-21-27-22(28-33-21)14-2-1-11-25-13-14/h1-8,11-13,29H,9-10H2,(H,26,30). The monoisotopic (exact) mass is 485 g/mol. The third kappa shape index (κ3) is 5.59. The molecule has 2 aromatic heterocycles. The molecule has 2 aromatic carbocycles. The van der Waals surface area contributed by atoms with E-state index in [1.54, 1.807) is 24.5 Å². The molecular weight excluding hydrogens is 468 g/mol. The van der Waals surface area contributed by atoms with E-state index in [0.29, 0.717) is 29.0 Å². The van der Waals surface area contributed by atoms with E-state index >= 15 is 0 Å². The molecule has 9 nitrogen and oxygen atoms in total. The van der Waals surface area contributed by atoms with Crippen LogP contribution in [0.25, 0.3) is 11.4 Å². The van der Waals surface area contributed by atoms with E-state index in [1.807, 2.05) is 0 Å². The predicted octanol–water partition coefficient (Wildman–Crippen LogP) is 3.78. The van der Waals surface area contributed by atoms with Gasteiger partial charge in [-0.1, -0.05) is 5.16 Å². The Morgan fingerprint density at radius 3 is 2.47 bits per heavy atom. The maximum absolute atomic E-state index is 13.3. The number of rotatable bonds is 8. The minimum Gasteiger partial charge on any atom is -0.339 e. The molecule has 0 aliphatic heterocycles. The molecule has 4 aromatic rings. The van der Waals surface area contributed by atoms with E-state index in [4.69, 9.17) is 4.52 Å². The summed E-state index contributed by atoms with van der Waals surface area (Å²) in [5.74, 6) is -2.04. The number of amides is 1. The maximum atomic E-state index is 13.3. The molecule has 2 heterocycles. The summed E-state index contributed by atoms with van der Waals surface area (Å²) in [7, 11) is -4.12. The molecule has 0 aliphatic carbocycles. The predicted molar refractivity (Wildman–Crippen MR) is 118 cm³/mol. The molecule has 0 saturated heterocycles. The lowest BCUT2D eigenvalue weighted by atomic mass is 10.2. The molecule has 1 amide bonds. The van der Waals surface area contributed by atoms with Gasteiger partial charge in [0.05, 0.1) is 4.90 Å². The number of nitrogens with zero attached hydrogens (tertiary/aromatic N) is 3. The molecule has 0 fully saturated rings. The molecule has 0 spiro atoms. The number of pyridine rings is 1. The Labute approximate surface area is 192 Å². The fourth-order valence-electron chi connectivity index (χ4n) is 2.89. The van der Waals surface area contributed by atoms with Crippen molar-refractivity contribution in [3.63, 3.8) is 0 Å². The van der Waals surface area contributed by atoms with Gasteiger partial charge < -0.3 is 9.84 Å². The number of aryl methyl sites for hydroxylation is 1. The molecule has 0 unspecified atom stereocenters. The highest BCUT2D eigenvalue weighted by molar-refractivity contribution is 7.92. The van der Waals surface area contributed by atoms with Gasteiger partial charge in [0.25, 0.3) is 10.0 Å². The SMILES string of the molecule is O=C(CCc1nc(-c2cccnc2)no1)Nc1ccc(NS(=O)(=O)c2ccc(F)c(F)c2)cc1. The van der Waals surface area contributed by atoms with Crippen LogP contribution in [0.1, 0.15) is 12.3 Å². The highest BCUT2D eigenvalue weighted by Crippen LogP contribution is 2.20. The normalized spacial score (nSPS) is 11.2. The summed E-state index contributed by atoms with van der Waals surface area (Å²) in [5, 5.41) is 6.54. The number of benzene rings is 2. The van der Waals surface area contributed by atoms with Gasteiger partial charge in [-0.3, -0.25) is 14.5 Å². The minimum atomic E-state index is -4.12. The molecular formula is C22H17F2N5O4S. The van der Waals surface area contributed by atoms with Gasteiger partial charge in [0.1, 0.15) is 0 Å². The summed E-state index contributed by atoms with van der Waals surface area (Å²) in [6.45, 7) is 0. The minimum absolute atomic E-state index is 0.0825. The lowest BCUT2D eigenvalue weighted by molar-refractivity contribution is -0.116. The maximum Gasteiger partial charge on any atom is 0.261 e. The second-order valence-corrected chi connectivity index (χ2v) is 8.74. The summed E-state index contributed by atoms with van der Waals surface area (Å²) in [4.78, 5) is 20.0. The van der Waals surface area contributed by atoms with Crippen LogP contribution in [-0.4, -0.2) is 29.4 Å². The van der Waals surface area contributed by atoms with Crippen LogP contribution in [-0.2, 0) is 21.2 Å². The molecule has 0 aliphatic rings. The second-order valence-electron chi connectivity index (χ2n) is 7.06. The number of carbonyl (C=O) groups is 1. The van der Waals surface area contributed by atoms with E-state index in [0.717, 1.165) is 12.1 Å². The van der Waals surface area contributed by atoms with Crippen molar-refractivity contribution in [3.8, 4) is 11.4 Å². The Balaban J connectivity index is 1.31. The van der Waals surface area contributed by atoms with Crippen LogP contribution in [0.4, 0.5) is 20.2 Å². The van der Waals surface area contributed by atoms with Gasteiger partial charge >= 0.3 is 0 Å². The molecule has 0 atom stereocenters. The summed E-state index contributed by atoms with van der Waals surface area (Å²) in [5.41, 5.74) is 1.31. The van der Waals surface area contributed by atoms with Crippen molar-refractivity contribution in [1.29, 1.82) is 0 Å². The fraction of sp³-hybridized carbons (Fsp3) is 0.0909. The first-order valence-corrected chi connectivity index (χ1v) is 11.4. The first-order chi connectivity index (χ1) is 16.3. The van der Waals surface area contributed by atoms with Crippen LogP contribution < -0.4 is 10.0 Å². The lowest BCUT2D eigenvalue weighted by Crippen LogP contribution is -2.14. The van der Waals surface area contributed by atoms with Crippen molar-refractivity contribution < 1.29 is 26.5 Å². The number of hydrogen-bond acceptors (Lipinski definition) is 7. The van der Waals surface area contributed by atoms with E-state index in [1.165, 1.54) is 24.3 Å². The molecule has 34 heavy (non-hydrogen) atoms. The molecule has 0 saturated carbocycles. The number of nitrogens with one attached hydrogen (secondary N) is 2. The Bertz CT molecular complexity index is 1410. The van der Waals surface area contributed by atoms with E-state index < -0.39 is 26.6 Å². The second kappa shape index (κ2) is 9.75. The van der Waals surface area contributed by atoms with E-state index in [-0.39, 0.29) is 24.4 Å². The van der Waals surface area contributed by atoms with Crippen molar-refractivity contribution >= 4 is 27.3 Å². The first-order valence-electron chi connectivity index (χ1n) is 9.91. The van der Waals surface area contributed by atoms with Gasteiger partial charge in [-0.05, 0) is 54.6 Å². The quantitative estimate of drug-likeness (QED) is 0.389. The molecule has 0 radical (unpaired) electrons. The molecule has 174 valence electrons. The van der Waals surface area contributed by atoms with Crippen molar-refractivity contribution in [2.24, 2.45) is 0 Å². The number of anilines is 2. The zero-order valence-corrected chi connectivity index (χ0v) is 18.2. The summed E-state index contributed by atoms with van der Waals surface area (Å²) >= 11 is 0. The van der Waals surface area contributed by atoms with Gasteiger partial charge in [0.2, 0.25) is 17.6 Å². The topological polar surface area (TPSA) is 127 Å². The molecule has 2 N–H and O–H groups in total. The van der Waals surface area contributed by atoms with Gasteiger partial charge in [-0.2, -0.15) is 4.98 Å². The van der Waals surface area contributed by atoms with Gasteiger partial charge in [-0.25, -0.2) is 17.2 Å². The number of halogens is 2. The number of carbonyl (C=O) groups excluding carboxylic acids is 1. The van der Waals surface area contributed by atoms with Gasteiger partial charge in [-0.15, -0.1) is 0 Å². The van der Waals surface area contributed by atoms with Crippen LogP contribution in [0.5, 0.6) is 0 Å². The first kappa shape index (κ1) is 23.0. The van der Waals surface area contributed by atoms with Crippen molar-refractivity contribution in [1.82, 2.24) is 15.1 Å². The Morgan fingerprint density at radius 2 is 1.76 bits per heavy atom. The van der Waals surface area contributed by atoms with Crippen LogP contribution >= 0.6 is 0 Å². The highest BCUT2D eigenvalue weighted by atomic mass is 32.2. The third-order valence-corrected chi connectivity index (χ3v) is 5.95. The third-order valence-electron chi connectivity index (χ3n) is 4.58. The van der Waals surface area contributed by atoms with Crippen LogP contribution in [0.15, 0.2) is 76.4 Å². The fourth-order valence-corrected chi connectivity index (χ4v) is 3.96. The van der Waals surface area contributed by atoms with Crippen LogP contribution in [0, 0.1) is 11.6 Å². The van der Waals surface area contributed by atoms with Crippen LogP contribution in [0.2, 0.25) is 0 Å². The Morgan fingerprint density at radius 1 is 1.00 bits per heavy atom. The molecule has 12 heteroatoms. The van der Waals surface area contributed by atoms with Crippen molar-refractivity contribution in [3.05, 3.63) is 84.5 Å². The zero-order chi connectivity index (χ0) is 24.1. The van der Waals surface area contributed by atoms with Crippen molar-refractivity contribution in [2.45, 2.75) is 17.7 Å². The van der Waals surface area contributed by atoms with Crippen LogP contribution in [0.3, 0.4) is 0 Å².